The van der Waals surface area contributed by atoms with Gasteiger partial charge in [0.2, 0.25) is 0 Å². The average Bonchev–Trinajstić information content (AvgIpc) is 3.29. The largest absolute Gasteiger partial charge is 0.139 e. The van der Waals surface area contributed by atoms with Crippen LogP contribution < -0.4 is 5.46 Å². The van der Waals surface area contributed by atoms with Crippen LogP contribution in [0.5, 0.6) is 0 Å². The average molecular weight is 569 g/mol. The van der Waals surface area contributed by atoms with Gasteiger partial charge in [-0.1, -0.05) is 175 Å². The Hall–Kier alpha value is -3.06. The van der Waals surface area contributed by atoms with Crippen molar-refractivity contribution in [2.75, 3.05) is 0 Å². The minimum atomic E-state index is 0.0849. The highest BCUT2D eigenvalue weighted by atomic mass is 14.5. The molecule has 0 unspecified atom stereocenters. The number of unbranched alkanes of at least 4 members (excludes halogenated alkanes) is 10. The monoisotopic (exact) mass is 568 g/mol. The zero-order valence-corrected chi connectivity index (χ0v) is 27.5. The Morgan fingerprint density at radius 2 is 0.860 bits per heavy atom. The summed E-state index contributed by atoms with van der Waals surface area (Å²) < 4.78 is 0. The lowest BCUT2D eigenvalue weighted by atomic mass is 9.70. The van der Waals surface area contributed by atoms with Gasteiger partial charge in [-0.15, -0.1) is 0 Å². The third-order valence-corrected chi connectivity index (χ3v) is 10.0. The fourth-order valence-electron chi connectivity index (χ4n) is 7.42. The first-order valence-electron chi connectivity index (χ1n) is 17.5. The van der Waals surface area contributed by atoms with Crippen LogP contribution in [0.1, 0.15) is 120 Å². The lowest BCUT2D eigenvalue weighted by molar-refractivity contribution is 0.398. The summed E-state index contributed by atoms with van der Waals surface area (Å²) in [5, 5.41) is 0. The van der Waals surface area contributed by atoms with Crippen LogP contribution in [-0.2, 0) is 5.41 Å². The highest BCUT2D eigenvalue weighted by molar-refractivity contribution is 6.32. The van der Waals surface area contributed by atoms with Gasteiger partial charge in [0.15, 0.2) is 0 Å². The van der Waals surface area contributed by atoms with Gasteiger partial charge in [-0.05, 0) is 76.4 Å². The highest BCUT2D eigenvalue weighted by Gasteiger charge is 2.42. The smallest absolute Gasteiger partial charge is 0.0889 e. The van der Waals surface area contributed by atoms with Crippen molar-refractivity contribution in [3.8, 4) is 33.4 Å². The lowest BCUT2D eigenvalue weighted by Gasteiger charge is -2.33. The summed E-state index contributed by atoms with van der Waals surface area (Å²) in [6, 6.07) is 33.0. The molecule has 0 heterocycles. The van der Waals surface area contributed by atoms with Crippen LogP contribution in [0.3, 0.4) is 0 Å². The van der Waals surface area contributed by atoms with Crippen molar-refractivity contribution < 1.29 is 0 Å². The summed E-state index contributed by atoms with van der Waals surface area (Å²) in [6.07, 6.45) is 18.7. The normalized spacial score (nSPS) is 13.2. The fraction of sp³-hybridized carbons (Fsp3) is 0.429. The molecule has 0 radical (unpaired) electrons. The highest BCUT2D eigenvalue weighted by Crippen LogP contribution is 2.55. The number of hydrogen-bond acceptors (Lipinski definition) is 0. The molecule has 0 saturated heterocycles. The van der Waals surface area contributed by atoms with Gasteiger partial charge in [-0.2, -0.15) is 0 Å². The van der Waals surface area contributed by atoms with E-state index in [0.717, 1.165) is 0 Å². The topological polar surface area (TPSA) is 0 Å². The van der Waals surface area contributed by atoms with Crippen LogP contribution >= 0.6 is 0 Å². The van der Waals surface area contributed by atoms with E-state index in [0.29, 0.717) is 0 Å². The Balaban J connectivity index is 1.56. The number of benzene rings is 4. The first-order valence-corrected chi connectivity index (χ1v) is 17.5. The summed E-state index contributed by atoms with van der Waals surface area (Å²) in [7, 11) is 2.18. The molecule has 0 aromatic heterocycles. The van der Waals surface area contributed by atoms with Gasteiger partial charge in [0, 0.05) is 5.41 Å². The molecule has 0 amide bonds. The van der Waals surface area contributed by atoms with E-state index in [9.17, 15) is 0 Å². The lowest BCUT2D eigenvalue weighted by Crippen LogP contribution is -2.25. The van der Waals surface area contributed by atoms with Gasteiger partial charge in [-0.25, -0.2) is 0 Å². The second-order valence-electron chi connectivity index (χ2n) is 13.4. The van der Waals surface area contributed by atoms with Crippen LogP contribution in [0, 0.1) is 6.92 Å². The Morgan fingerprint density at radius 1 is 0.465 bits per heavy atom. The number of aryl methyl sites for hydroxylation is 1. The molecule has 0 saturated carbocycles. The molecule has 4 aromatic carbocycles. The molecule has 0 bridgehead atoms. The molecular formula is C42H53B. The van der Waals surface area contributed by atoms with Gasteiger partial charge < -0.3 is 0 Å². The predicted molar refractivity (Wildman–Crippen MR) is 192 cm³/mol. The summed E-state index contributed by atoms with van der Waals surface area (Å²) >= 11 is 0. The maximum absolute atomic E-state index is 2.58. The molecule has 224 valence electrons. The van der Waals surface area contributed by atoms with Crippen molar-refractivity contribution >= 4 is 13.3 Å². The van der Waals surface area contributed by atoms with E-state index in [-0.39, 0.29) is 5.41 Å². The summed E-state index contributed by atoms with van der Waals surface area (Å²) in [5.41, 5.74) is 14.2. The van der Waals surface area contributed by atoms with E-state index in [1.165, 1.54) is 134 Å². The number of hydrogen-bond donors (Lipinski definition) is 0. The van der Waals surface area contributed by atoms with Gasteiger partial charge in [-0.3, -0.25) is 0 Å². The Labute approximate surface area is 263 Å². The minimum Gasteiger partial charge on any atom is -0.0889 e. The van der Waals surface area contributed by atoms with Crippen molar-refractivity contribution in [2.45, 2.75) is 116 Å². The summed E-state index contributed by atoms with van der Waals surface area (Å²) in [5.74, 6) is 0. The van der Waals surface area contributed by atoms with Crippen molar-refractivity contribution in [1.29, 1.82) is 0 Å². The minimum absolute atomic E-state index is 0.0849. The quantitative estimate of drug-likeness (QED) is 0.0931. The molecule has 4 aromatic rings. The number of fused-ring (bicyclic) bond motifs is 3. The van der Waals surface area contributed by atoms with E-state index < -0.39 is 0 Å². The van der Waals surface area contributed by atoms with Crippen LogP contribution in [-0.4, -0.2) is 7.85 Å². The molecule has 1 aliphatic carbocycles. The Kier molecular flexibility index (Phi) is 11.0. The third-order valence-electron chi connectivity index (χ3n) is 10.0. The zero-order chi connectivity index (χ0) is 30.1. The molecule has 43 heavy (non-hydrogen) atoms. The Morgan fingerprint density at radius 3 is 1.33 bits per heavy atom. The van der Waals surface area contributed by atoms with Gasteiger partial charge >= 0.3 is 0 Å². The molecule has 0 atom stereocenters. The van der Waals surface area contributed by atoms with Crippen LogP contribution in [0.2, 0.25) is 0 Å². The SMILES string of the molecule is Bc1ccc(-c2ccc3c(c2)C(CCCCCCCC)(CCCCCCCC)c2cc(-c4ccc(C)cc4)ccc2-3)cc1. The van der Waals surface area contributed by atoms with E-state index in [1.807, 2.05) is 0 Å². The molecular weight excluding hydrogens is 515 g/mol. The van der Waals surface area contributed by atoms with E-state index in [1.54, 1.807) is 11.1 Å². The molecule has 1 heteroatoms. The van der Waals surface area contributed by atoms with Gasteiger partial charge in [0.1, 0.15) is 7.85 Å². The van der Waals surface area contributed by atoms with E-state index in [4.69, 9.17) is 0 Å². The maximum Gasteiger partial charge on any atom is 0.139 e. The van der Waals surface area contributed by atoms with Crippen molar-refractivity contribution in [1.82, 2.24) is 0 Å². The molecule has 0 fully saturated rings. The molecule has 0 spiro atoms. The number of rotatable bonds is 16. The predicted octanol–water partition coefficient (Wildman–Crippen LogP) is 11.4. The maximum atomic E-state index is 2.58. The van der Waals surface area contributed by atoms with Gasteiger partial charge in [0.05, 0.1) is 0 Å². The van der Waals surface area contributed by atoms with Crippen LogP contribution in [0.4, 0.5) is 0 Å². The van der Waals surface area contributed by atoms with Crippen LogP contribution in [0.15, 0.2) is 84.9 Å². The van der Waals surface area contributed by atoms with Gasteiger partial charge in [0.25, 0.3) is 0 Å². The third kappa shape index (κ3) is 7.37. The first kappa shape index (κ1) is 31.4. The molecule has 5 rings (SSSR count). The van der Waals surface area contributed by atoms with E-state index >= 15 is 0 Å². The molecule has 0 aliphatic heterocycles. The van der Waals surface area contributed by atoms with Crippen LogP contribution in [0.25, 0.3) is 33.4 Å². The first-order chi connectivity index (χ1) is 21.1. The Bertz CT molecular complexity index is 1330. The van der Waals surface area contributed by atoms with E-state index in [2.05, 4.69) is 114 Å². The van der Waals surface area contributed by atoms with Crippen molar-refractivity contribution in [2.24, 2.45) is 0 Å². The summed E-state index contributed by atoms with van der Waals surface area (Å²) in [4.78, 5) is 0. The second-order valence-corrected chi connectivity index (χ2v) is 13.4. The zero-order valence-electron chi connectivity index (χ0n) is 27.5. The molecule has 0 N–H and O–H groups in total. The molecule has 1 aliphatic rings. The fourth-order valence-corrected chi connectivity index (χ4v) is 7.42. The van der Waals surface area contributed by atoms with Crippen molar-refractivity contribution in [3.63, 3.8) is 0 Å². The summed E-state index contributed by atoms with van der Waals surface area (Å²) in [6.45, 7) is 6.82. The standard InChI is InChI=1S/C42H53B/c1-4-6-8-10-12-14-28-42(29-15-13-11-9-7-5-2)40-30-35(33-18-16-32(3)17-19-33)22-26-38(40)39-27-23-36(31-41(39)42)34-20-24-37(43)25-21-34/h16-27,30-31H,4-15,28-29,43H2,1-3H3. The second kappa shape index (κ2) is 15.1. The van der Waals surface area contributed by atoms with Crippen molar-refractivity contribution in [3.05, 3.63) is 102 Å². The molecule has 0 nitrogen and oxygen atoms in total.